The van der Waals surface area contributed by atoms with E-state index in [0.717, 1.165) is 56.1 Å². The van der Waals surface area contributed by atoms with Crippen molar-refractivity contribution in [1.82, 2.24) is 4.57 Å². The summed E-state index contributed by atoms with van der Waals surface area (Å²) in [7, 11) is 0. The van der Waals surface area contributed by atoms with Crippen LogP contribution in [0.5, 0.6) is 23.0 Å². The van der Waals surface area contributed by atoms with E-state index in [1.54, 1.807) is 0 Å². The summed E-state index contributed by atoms with van der Waals surface area (Å²) in [6.45, 7) is 0. The van der Waals surface area contributed by atoms with Gasteiger partial charge in [-0.15, -0.1) is 0 Å². The summed E-state index contributed by atoms with van der Waals surface area (Å²) in [6.07, 6.45) is 0. The zero-order valence-corrected chi connectivity index (χ0v) is 21.0. The molecule has 0 radical (unpaired) electrons. The summed E-state index contributed by atoms with van der Waals surface area (Å²) in [6, 6.07) is 48.4. The first kappa shape index (κ1) is 21.8. The lowest BCUT2D eigenvalue weighted by atomic mass is 10.0. The van der Waals surface area contributed by atoms with E-state index in [2.05, 4.69) is 102 Å². The van der Waals surface area contributed by atoms with Gasteiger partial charge in [0.2, 0.25) is 0 Å². The van der Waals surface area contributed by atoms with E-state index >= 15 is 0 Å². The van der Waals surface area contributed by atoms with Crippen molar-refractivity contribution in [1.29, 1.82) is 0 Å². The fourth-order valence-corrected chi connectivity index (χ4v) is 5.61. The molecule has 3 heteroatoms. The molecule has 0 spiro atoms. The summed E-state index contributed by atoms with van der Waals surface area (Å²) >= 11 is 0. The summed E-state index contributed by atoms with van der Waals surface area (Å²) in [5.41, 5.74) is 8.03. The van der Waals surface area contributed by atoms with Gasteiger partial charge in [0.25, 0.3) is 0 Å². The average molecular weight is 502 g/mol. The van der Waals surface area contributed by atoms with Crippen LogP contribution < -0.4 is 9.47 Å². The standard InChI is InChI=1S/C36H23NO2/c1-3-9-24(10-4-1)26-15-18-28(19-16-26)37-30-20-17-27(25-11-5-2-6-12-25)23-29(30)35-31(37)21-22-34-36(35)39-33-14-8-7-13-32(33)38-34/h1-23H. The van der Waals surface area contributed by atoms with Crippen LogP contribution in [-0.2, 0) is 0 Å². The molecule has 7 aromatic rings. The van der Waals surface area contributed by atoms with Gasteiger partial charge in [0.05, 0.1) is 16.4 Å². The van der Waals surface area contributed by atoms with Crippen molar-refractivity contribution in [3.8, 4) is 50.9 Å². The van der Waals surface area contributed by atoms with Gasteiger partial charge < -0.3 is 14.0 Å². The monoisotopic (exact) mass is 501 g/mol. The number of hydrogen-bond acceptors (Lipinski definition) is 2. The van der Waals surface area contributed by atoms with E-state index in [1.807, 2.05) is 42.5 Å². The number of benzene rings is 6. The highest BCUT2D eigenvalue weighted by Gasteiger charge is 2.25. The molecule has 8 rings (SSSR count). The summed E-state index contributed by atoms with van der Waals surface area (Å²) in [5, 5.41) is 2.17. The molecule has 0 bridgehead atoms. The highest BCUT2D eigenvalue weighted by molar-refractivity contribution is 6.14. The molecule has 2 heterocycles. The Kier molecular flexibility index (Phi) is 4.82. The molecule has 0 unspecified atom stereocenters. The predicted molar refractivity (Wildman–Crippen MR) is 158 cm³/mol. The average Bonchev–Trinajstić information content (AvgIpc) is 3.35. The van der Waals surface area contributed by atoms with Crippen molar-refractivity contribution >= 4 is 21.8 Å². The van der Waals surface area contributed by atoms with Gasteiger partial charge in [-0.05, 0) is 70.8 Å². The van der Waals surface area contributed by atoms with Crippen molar-refractivity contribution in [2.24, 2.45) is 0 Å². The third-order valence-electron chi connectivity index (χ3n) is 7.47. The fraction of sp³-hybridized carbons (Fsp3) is 0. The van der Waals surface area contributed by atoms with Gasteiger partial charge >= 0.3 is 0 Å². The Hall–Kier alpha value is -5.28. The van der Waals surface area contributed by atoms with Crippen LogP contribution in [-0.4, -0.2) is 4.57 Å². The van der Waals surface area contributed by atoms with E-state index in [4.69, 9.17) is 9.47 Å². The molecule has 0 amide bonds. The van der Waals surface area contributed by atoms with Gasteiger partial charge in [-0.25, -0.2) is 0 Å². The van der Waals surface area contributed by atoms with E-state index in [9.17, 15) is 0 Å². The SMILES string of the molecule is c1ccc(-c2ccc(-n3c4ccc(-c5ccccc5)cc4c4c5c(ccc43)Oc3ccccc3O5)cc2)cc1. The quantitative estimate of drug-likeness (QED) is 0.240. The zero-order valence-electron chi connectivity index (χ0n) is 21.0. The van der Waals surface area contributed by atoms with Gasteiger partial charge in [0, 0.05) is 11.1 Å². The summed E-state index contributed by atoms with van der Waals surface area (Å²) in [5.74, 6) is 2.94. The van der Waals surface area contributed by atoms with E-state index < -0.39 is 0 Å². The van der Waals surface area contributed by atoms with Crippen molar-refractivity contribution in [2.45, 2.75) is 0 Å². The molecule has 1 aliphatic heterocycles. The second-order valence-electron chi connectivity index (χ2n) is 9.78. The minimum atomic E-state index is 0.727. The number of hydrogen-bond donors (Lipinski definition) is 0. The number of ether oxygens (including phenoxy) is 2. The zero-order chi connectivity index (χ0) is 25.8. The first-order chi connectivity index (χ1) is 19.3. The summed E-state index contributed by atoms with van der Waals surface area (Å²) < 4.78 is 15.1. The van der Waals surface area contributed by atoms with Crippen LogP contribution in [0.2, 0.25) is 0 Å². The first-order valence-corrected chi connectivity index (χ1v) is 13.1. The number of nitrogens with zero attached hydrogens (tertiary/aromatic N) is 1. The minimum absolute atomic E-state index is 0.727. The lowest BCUT2D eigenvalue weighted by Crippen LogP contribution is -1.99. The second-order valence-corrected chi connectivity index (χ2v) is 9.78. The molecule has 0 N–H and O–H groups in total. The maximum absolute atomic E-state index is 6.53. The van der Waals surface area contributed by atoms with Crippen LogP contribution in [0.25, 0.3) is 49.7 Å². The van der Waals surface area contributed by atoms with Gasteiger partial charge in [0.1, 0.15) is 0 Å². The maximum Gasteiger partial charge on any atom is 0.180 e. The molecule has 1 aliphatic rings. The van der Waals surface area contributed by atoms with Crippen molar-refractivity contribution in [3.63, 3.8) is 0 Å². The summed E-state index contributed by atoms with van der Waals surface area (Å²) in [4.78, 5) is 0. The molecular formula is C36H23NO2. The van der Waals surface area contributed by atoms with Crippen molar-refractivity contribution < 1.29 is 9.47 Å². The third kappa shape index (κ3) is 3.52. The Balaban J connectivity index is 1.38. The molecule has 3 nitrogen and oxygen atoms in total. The Morgan fingerprint density at radius 1 is 0.410 bits per heavy atom. The number of aromatic nitrogens is 1. The molecule has 1 aromatic heterocycles. The Labute approximate surface area is 226 Å². The van der Waals surface area contributed by atoms with E-state index in [0.29, 0.717) is 0 Å². The Morgan fingerprint density at radius 3 is 1.69 bits per heavy atom. The van der Waals surface area contributed by atoms with Crippen LogP contribution in [0.1, 0.15) is 0 Å². The topological polar surface area (TPSA) is 23.4 Å². The van der Waals surface area contributed by atoms with Gasteiger partial charge in [-0.2, -0.15) is 0 Å². The minimum Gasteiger partial charge on any atom is -0.449 e. The van der Waals surface area contributed by atoms with Crippen molar-refractivity contribution in [2.75, 3.05) is 0 Å². The van der Waals surface area contributed by atoms with Crippen LogP contribution in [0.4, 0.5) is 0 Å². The second kappa shape index (κ2) is 8.64. The van der Waals surface area contributed by atoms with Gasteiger partial charge in [-0.3, -0.25) is 0 Å². The molecule has 39 heavy (non-hydrogen) atoms. The molecule has 0 fully saturated rings. The fourth-order valence-electron chi connectivity index (χ4n) is 5.61. The number of rotatable bonds is 3. The molecule has 184 valence electrons. The number of para-hydroxylation sites is 2. The van der Waals surface area contributed by atoms with Gasteiger partial charge in [-0.1, -0.05) is 91.0 Å². The van der Waals surface area contributed by atoms with Crippen LogP contribution >= 0.6 is 0 Å². The lowest BCUT2D eigenvalue weighted by molar-refractivity contribution is 0.363. The maximum atomic E-state index is 6.53. The molecule has 6 aromatic carbocycles. The van der Waals surface area contributed by atoms with Gasteiger partial charge in [0.15, 0.2) is 23.0 Å². The van der Waals surface area contributed by atoms with Crippen molar-refractivity contribution in [3.05, 3.63) is 140 Å². The highest BCUT2D eigenvalue weighted by Crippen LogP contribution is 2.51. The Morgan fingerprint density at radius 2 is 0.974 bits per heavy atom. The molecule has 0 aliphatic carbocycles. The molecular weight excluding hydrogens is 478 g/mol. The first-order valence-electron chi connectivity index (χ1n) is 13.1. The van der Waals surface area contributed by atoms with Crippen LogP contribution in [0, 0.1) is 0 Å². The van der Waals surface area contributed by atoms with E-state index in [1.165, 1.54) is 16.7 Å². The molecule has 0 saturated carbocycles. The van der Waals surface area contributed by atoms with E-state index in [-0.39, 0.29) is 0 Å². The molecule has 0 atom stereocenters. The highest BCUT2D eigenvalue weighted by atomic mass is 16.6. The third-order valence-corrected chi connectivity index (χ3v) is 7.47. The Bertz CT molecular complexity index is 1990. The molecule has 0 saturated heterocycles. The van der Waals surface area contributed by atoms with Crippen LogP contribution in [0.3, 0.4) is 0 Å². The predicted octanol–water partition coefficient (Wildman–Crippen LogP) is 10.0. The smallest absolute Gasteiger partial charge is 0.180 e. The van der Waals surface area contributed by atoms with Crippen LogP contribution in [0.15, 0.2) is 140 Å². The normalized spacial score (nSPS) is 12.0. The lowest BCUT2D eigenvalue weighted by Gasteiger charge is -2.21. The number of fused-ring (bicyclic) bond motifs is 6. The largest absolute Gasteiger partial charge is 0.449 e.